The summed E-state index contributed by atoms with van der Waals surface area (Å²) in [4.78, 5) is 11.6. The van der Waals surface area contributed by atoms with E-state index in [9.17, 15) is 4.79 Å². The Hall–Kier alpha value is -1.02. The van der Waals surface area contributed by atoms with Gasteiger partial charge >= 0.3 is 5.97 Å². The summed E-state index contributed by atoms with van der Waals surface area (Å²) in [5, 5.41) is -0.694. The number of carbonyl (C=O) groups excluding carboxylic acids is 1. The van der Waals surface area contributed by atoms with Crippen molar-refractivity contribution in [3.63, 3.8) is 0 Å². The molecule has 0 aromatic heterocycles. The van der Waals surface area contributed by atoms with Crippen LogP contribution in [0.15, 0.2) is 24.3 Å². The van der Waals surface area contributed by atoms with Crippen LogP contribution in [0.1, 0.15) is 61.4 Å². The molecule has 1 fully saturated rings. The van der Waals surface area contributed by atoms with Gasteiger partial charge in [0.15, 0.2) is 5.38 Å². The van der Waals surface area contributed by atoms with Gasteiger partial charge in [-0.1, -0.05) is 43.5 Å². The molecule has 0 bridgehead atoms. The molecule has 0 heterocycles. The SMILES string of the molecule is CCOC(=O)[C@@H](Cl)c1ccc(C2CCCCC2)cc1. The Labute approximate surface area is 120 Å². The van der Waals surface area contributed by atoms with Crippen LogP contribution in [0.4, 0.5) is 0 Å². The highest BCUT2D eigenvalue weighted by Crippen LogP contribution is 2.33. The van der Waals surface area contributed by atoms with Crippen molar-refractivity contribution in [2.45, 2.75) is 50.3 Å². The first-order chi connectivity index (χ1) is 9.22. The molecule has 1 aliphatic rings. The van der Waals surface area contributed by atoms with Crippen molar-refractivity contribution in [2.24, 2.45) is 0 Å². The highest BCUT2D eigenvalue weighted by atomic mass is 35.5. The molecule has 1 atom stereocenters. The highest BCUT2D eigenvalue weighted by molar-refractivity contribution is 6.29. The van der Waals surface area contributed by atoms with Gasteiger partial charge in [-0.05, 0) is 36.8 Å². The van der Waals surface area contributed by atoms with E-state index in [1.54, 1.807) is 6.92 Å². The predicted molar refractivity (Wildman–Crippen MR) is 77.5 cm³/mol. The average Bonchev–Trinajstić information content (AvgIpc) is 2.48. The summed E-state index contributed by atoms with van der Waals surface area (Å²) in [5.74, 6) is 0.314. The second-order valence-electron chi connectivity index (χ2n) is 5.12. The van der Waals surface area contributed by atoms with Gasteiger partial charge in [0, 0.05) is 0 Å². The quantitative estimate of drug-likeness (QED) is 0.596. The van der Waals surface area contributed by atoms with Crippen molar-refractivity contribution in [3.05, 3.63) is 35.4 Å². The summed E-state index contributed by atoms with van der Waals surface area (Å²) < 4.78 is 4.93. The Balaban J connectivity index is 2.03. The van der Waals surface area contributed by atoms with Crippen LogP contribution in [-0.2, 0) is 9.53 Å². The molecule has 104 valence electrons. The number of halogens is 1. The standard InChI is InChI=1S/C16H21ClO2/c1-2-19-16(18)15(17)14-10-8-13(9-11-14)12-6-4-3-5-7-12/h8-12,15H,2-7H2,1H3/t15-/m0/s1. The van der Waals surface area contributed by atoms with Gasteiger partial charge in [0.25, 0.3) is 0 Å². The lowest BCUT2D eigenvalue weighted by Gasteiger charge is -2.22. The van der Waals surface area contributed by atoms with Gasteiger partial charge in [-0.3, -0.25) is 4.79 Å². The van der Waals surface area contributed by atoms with Crippen LogP contribution in [0.25, 0.3) is 0 Å². The van der Waals surface area contributed by atoms with E-state index in [0.717, 1.165) is 5.56 Å². The number of ether oxygens (including phenoxy) is 1. The van der Waals surface area contributed by atoms with Crippen molar-refractivity contribution in [1.82, 2.24) is 0 Å². The normalized spacial score (nSPS) is 18.0. The van der Waals surface area contributed by atoms with Crippen LogP contribution < -0.4 is 0 Å². The Kier molecular flexibility index (Phi) is 5.26. The minimum absolute atomic E-state index is 0.363. The zero-order valence-electron chi connectivity index (χ0n) is 11.4. The van der Waals surface area contributed by atoms with Crippen LogP contribution in [0.3, 0.4) is 0 Å². The minimum Gasteiger partial charge on any atom is -0.465 e. The number of alkyl halides is 1. The van der Waals surface area contributed by atoms with Crippen LogP contribution in [0.2, 0.25) is 0 Å². The largest absolute Gasteiger partial charge is 0.465 e. The molecule has 1 aromatic rings. The molecule has 19 heavy (non-hydrogen) atoms. The highest BCUT2D eigenvalue weighted by Gasteiger charge is 2.20. The van der Waals surface area contributed by atoms with Gasteiger partial charge in [-0.2, -0.15) is 0 Å². The van der Waals surface area contributed by atoms with Crippen molar-refractivity contribution >= 4 is 17.6 Å². The van der Waals surface area contributed by atoms with Crippen molar-refractivity contribution in [1.29, 1.82) is 0 Å². The van der Waals surface area contributed by atoms with E-state index >= 15 is 0 Å². The molecule has 2 nitrogen and oxygen atoms in total. The molecule has 0 saturated heterocycles. The third kappa shape index (κ3) is 3.73. The van der Waals surface area contributed by atoms with Crippen LogP contribution in [0.5, 0.6) is 0 Å². The zero-order valence-corrected chi connectivity index (χ0v) is 12.2. The molecule has 1 aromatic carbocycles. The summed E-state index contributed by atoms with van der Waals surface area (Å²) in [6.45, 7) is 2.15. The maximum Gasteiger partial charge on any atom is 0.328 e. The van der Waals surface area contributed by atoms with E-state index in [-0.39, 0.29) is 5.97 Å². The fourth-order valence-corrected chi connectivity index (χ4v) is 2.93. The van der Waals surface area contributed by atoms with Gasteiger partial charge in [-0.25, -0.2) is 0 Å². The predicted octanol–water partition coefficient (Wildman–Crippen LogP) is 4.58. The smallest absolute Gasteiger partial charge is 0.328 e. The Morgan fingerprint density at radius 2 is 1.89 bits per heavy atom. The van der Waals surface area contributed by atoms with Gasteiger partial charge in [0.2, 0.25) is 0 Å². The van der Waals surface area contributed by atoms with Gasteiger partial charge in [0.1, 0.15) is 0 Å². The summed E-state index contributed by atoms with van der Waals surface area (Å²) in [6.07, 6.45) is 6.57. The Morgan fingerprint density at radius 1 is 1.26 bits per heavy atom. The summed E-state index contributed by atoms with van der Waals surface area (Å²) in [7, 11) is 0. The first kappa shape index (κ1) is 14.4. The Morgan fingerprint density at radius 3 is 2.47 bits per heavy atom. The summed E-state index contributed by atoms with van der Waals surface area (Å²) >= 11 is 6.10. The number of benzene rings is 1. The Bertz CT molecular complexity index is 407. The number of esters is 1. The number of carbonyl (C=O) groups is 1. The van der Waals surface area contributed by atoms with Crippen LogP contribution in [-0.4, -0.2) is 12.6 Å². The first-order valence-corrected chi connectivity index (χ1v) is 7.56. The number of rotatable bonds is 4. The molecular formula is C16H21ClO2. The first-order valence-electron chi connectivity index (χ1n) is 7.13. The molecule has 0 aliphatic heterocycles. The van der Waals surface area contributed by atoms with E-state index in [1.165, 1.54) is 37.7 Å². The third-order valence-corrected chi connectivity index (χ3v) is 4.23. The zero-order chi connectivity index (χ0) is 13.7. The van der Waals surface area contributed by atoms with E-state index in [1.807, 2.05) is 12.1 Å². The van der Waals surface area contributed by atoms with E-state index in [4.69, 9.17) is 16.3 Å². The van der Waals surface area contributed by atoms with Crippen molar-refractivity contribution < 1.29 is 9.53 Å². The number of hydrogen-bond donors (Lipinski definition) is 0. The van der Waals surface area contributed by atoms with Gasteiger partial charge < -0.3 is 4.74 Å². The fraction of sp³-hybridized carbons (Fsp3) is 0.562. The molecular weight excluding hydrogens is 260 g/mol. The molecule has 3 heteroatoms. The summed E-state index contributed by atoms with van der Waals surface area (Å²) in [6, 6.07) is 8.14. The second-order valence-corrected chi connectivity index (χ2v) is 5.55. The fourth-order valence-electron chi connectivity index (χ4n) is 2.72. The lowest BCUT2D eigenvalue weighted by molar-refractivity contribution is -0.142. The maximum absolute atomic E-state index is 11.6. The molecule has 0 radical (unpaired) electrons. The molecule has 0 N–H and O–H groups in total. The van der Waals surface area contributed by atoms with E-state index < -0.39 is 5.38 Å². The molecule has 0 spiro atoms. The van der Waals surface area contributed by atoms with Crippen molar-refractivity contribution in [3.8, 4) is 0 Å². The van der Waals surface area contributed by atoms with Gasteiger partial charge in [-0.15, -0.1) is 11.6 Å². The average molecular weight is 281 g/mol. The number of hydrogen-bond acceptors (Lipinski definition) is 2. The molecule has 1 saturated carbocycles. The van der Waals surface area contributed by atoms with Crippen LogP contribution in [0, 0.1) is 0 Å². The molecule has 1 aliphatic carbocycles. The van der Waals surface area contributed by atoms with E-state index in [0.29, 0.717) is 12.5 Å². The lowest BCUT2D eigenvalue weighted by Crippen LogP contribution is -2.11. The van der Waals surface area contributed by atoms with Crippen LogP contribution >= 0.6 is 11.6 Å². The topological polar surface area (TPSA) is 26.3 Å². The van der Waals surface area contributed by atoms with E-state index in [2.05, 4.69) is 12.1 Å². The molecule has 0 amide bonds. The summed E-state index contributed by atoms with van der Waals surface area (Å²) in [5.41, 5.74) is 2.19. The minimum atomic E-state index is -0.694. The van der Waals surface area contributed by atoms with Gasteiger partial charge in [0.05, 0.1) is 6.61 Å². The second kappa shape index (κ2) is 6.95. The van der Waals surface area contributed by atoms with Crippen molar-refractivity contribution in [2.75, 3.05) is 6.61 Å². The molecule has 2 rings (SSSR count). The molecule has 0 unspecified atom stereocenters. The third-order valence-electron chi connectivity index (χ3n) is 3.80. The maximum atomic E-state index is 11.6. The lowest BCUT2D eigenvalue weighted by atomic mass is 9.84. The monoisotopic (exact) mass is 280 g/mol.